The quantitative estimate of drug-likeness (QED) is 0.646. The fourth-order valence-corrected chi connectivity index (χ4v) is 2.35. The van der Waals surface area contributed by atoms with Crippen LogP contribution in [0.1, 0.15) is 12.0 Å². The lowest BCUT2D eigenvalue weighted by atomic mass is 10.2. The number of quaternary nitrogens is 2. The summed E-state index contributed by atoms with van der Waals surface area (Å²) in [5.41, 5.74) is 1.25. The maximum atomic E-state index is 12.8. The molecule has 2 N–H and O–H groups in total. The number of halogens is 1. The normalized spacial score (nSPS) is 26.4. The molecule has 1 aromatic rings. The molecule has 3 heteroatoms. The van der Waals surface area contributed by atoms with E-state index < -0.39 is 0 Å². The number of hydrogen-bond donors (Lipinski definition) is 2. The topological polar surface area (TPSA) is 8.88 Å². The van der Waals surface area contributed by atoms with Gasteiger partial charge in [-0.2, -0.15) is 0 Å². The highest BCUT2D eigenvalue weighted by atomic mass is 19.1. The Labute approximate surface area is 96.7 Å². The fourth-order valence-electron chi connectivity index (χ4n) is 2.35. The molecule has 1 aromatic carbocycles. The maximum Gasteiger partial charge on any atom is 0.127 e. The molecule has 2 nitrogen and oxygen atoms in total. The first-order chi connectivity index (χ1) is 7.74. The van der Waals surface area contributed by atoms with Crippen molar-refractivity contribution >= 4 is 0 Å². The van der Waals surface area contributed by atoms with Crippen molar-refractivity contribution in [1.29, 1.82) is 0 Å². The maximum absolute atomic E-state index is 12.8. The lowest BCUT2D eigenvalue weighted by molar-refractivity contribution is -0.938. The zero-order valence-electron chi connectivity index (χ0n) is 9.93. The van der Waals surface area contributed by atoms with E-state index in [-0.39, 0.29) is 5.82 Å². The SMILES string of the molecule is C[NH+]1CCC[NH+](Cc2ccc(F)cc2)CC1. The van der Waals surface area contributed by atoms with Gasteiger partial charge in [0, 0.05) is 12.0 Å². The minimum atomic E-state index is -0.140. The van der Waals surface area contributed by atoms with E-state index in [2.05, 4.69) is 7.05 Å². The van der Waals surface area contributed by atoms with Crippen LogP contribution in [0.5, 0.6) is 0 Å². The van der Waals surface area contributed by atoms with Gasteiger partial charge in [0.1, 0.15) is 25.5 Å². The predicted octanol–water partition coefficient (Wildman–Crippen LogP) is -0.871. The standard InChI is InChI=1S/C13H19FN2/c1-15-7-2-8-16(10-9-15)11-12-3-5-13(14)6-4-12/h3-6H,2,7-11H2,1H3/p+2. The lowest BCUT2D eigenvalue weighted by Gasteiger charge is -2.16. The van der Waals surface area contributed by atoms with E-state index in [1.807, 2.05) is 12.1 Å². The molecular formula is C13H21FN2+2. The third-order valence-electron chi connectivity index (χ3n) is 3.41. The van der Waals surface area contributed by atoms with Crippen LogP contribution < -0.4 is 9.80 Å². The van der Waals surface area contributed by atoms with E-state index in [4.69, 9.17) is 0 Å². The summed E-state index contributed by atoms with van der Waals surface area (Å²) < 4.78 is 12.8. The highest BCUT2D eigenvalue weighted by Crippen LogP contribution is 2.00. The Hall–Kier alpha value is -0.930. The zero-order chi connectivity index (χ0) is 11.4. The molecule has 0 saturated carbocycles. The average Bonchev–Trinajstić information content (AvgIpc) is 2.47. The van der Waals surface area contributed by atoms with Gasteiger partial charge in [0.05, 0.1) is 20.1 Å². The van der Waals surface area contributed by atoms with Crippen LogP contribution in [0.3, 0.4) is 0 Å². The van der Waals surface area contributed by atoms with Gasteiger partial charge in [0.2, 0.25) is 0 Å². The third kappa shape index (κ3) is 3.29. The smallest absolute Gasteiger partial charge is 0.127 e. The first-order valence-corrected chi connectivity index (χ1v) is 6.13. The Balaban J connectivity index is 1.91. The van der Waals surface area contributed by atoms with E-state index in [1.165, 1.54) is 38.2 Å². The molecule has 1 aliphatic rings. The molecule has 16 heavy (non-hydrogen) atoms. The summed E-state index contributed by atoms with van der Waals surface area (Å²) in [7, 11) is 2.26. The summed E-state index contributed by atoms with van der Waals surface area (Å²) in [4.78, 5) is 3.26. The Bertz CT molecular complexity index is 323. The second kappa shape index (κ2) is 5.41. The zero-order valence-corrected chi connectivity index (χ0v) is 9.93. The van der Waals surface area contributed by atoms with Gasteiger partial charge < -0.3 is 9.80 Å². The summed E-state index contributed by atoms with van der Waals surface area (Å²) >= 11 is 0. The van der Waals surface area contributed by atoms with E-state index in [1.54, 1.807) is 21.9 Å². The van der Waals surface area contributed by atoms with Gasteiger partial charge in [0.15, 0.2) is 0 Å². The summed E-state index contributed by atoms with van der Waals surface area (Å²) in [5.74, 6) is -0.140. The van der Waals surface area contributed by atoms with Gasteiger partial charge >= 0.3 is 0 Å². The van der Waals surface area contributed by atoms with Crippen molar-refractivity contribution < 1.29 is 14.2 Å². The predicted molar refractivity (Wildman–Crippen MR) is 62.0 cm³/mol. The minimum Gasteiger partial charge on any atom is -0.333 e. The van der Waals surface area contributed by atoms with Crippen LogP contribution in [-0.2, 0) is 6.54 Å². The number of benzene rings is 1. The van der Waals surface area contributed by atoms with Crippen molar-refractivity contribution in [2.24, 2.45) is 0 Å². The third-order valence-corrected chi connectivity index (χ3v) is 3.41. The minimum absolute atomic E-state index is 0.140. The number of nitrogens with one attached hydrogen (secondary N) is 2. The van der Waals surface area contributed by atoms with Crippen LogP contribution in [0.25, 0.3) is 0 Å². The molecule has 2 rings (SSSR count). The molecule has 88 valence electrons. The Morgan fingerprint density at radius 2 is 1.81 bits per heavy atom. The van der Waals surface area contributed by atoms with E-state index in [0.717, 1.165) is 6.54 Å². The van der Waals surface area contributed by atoms with Gasteiger partial charge in [-0.3, -0.25) is 0 Å². The Morgan fingerprint density at radius 3 is 2.56 bits per heavy atom. The molecule has 1 heterocycles. The molecule has 0 bridgehead atoms. The summed E-state index contributed by atoms with van der Waals surface area (Å²) in [6, 6.07) is 6.93. The summed E-state index contributed by atoms with van der Waals surface area (Å²) in [6.07, 6.45) is 1.29. The van der Waals surface area contributed by atoms with E-state index in [9.17, 15) is 4.39 Å². The van der Waals surface area contributed by atoms with Crippen molar-refractivity contribution in [3.63, 3.8) is 0 Å². The largest absolute Gasteiger partial charge is 0.333 e. The molecule has 0 spiro atoms. The fraction of sp³-hybridized carbons (Fsp3) is 0.538. The number of likely N-dealkylation sites (N-methyl/N-ethyl adjacent to an activating group) is 1. The second-order valence-electron chi connectivity index (χ2n) is 4.86. The molecule has 0 aliphatic carbocycles. The average molecular weight is 224 g/mol. The monoisotopic (exact) mass is 224 g/mol. The molecule has 0 aromatic heterocycles. The lowest BCUT2D eigenvalue weighted by Crippen LogP contribution is -3.15. The molecule has 2 atom stereocenters. The van der Waals surface area contributed by atoms with Crippen LogP contribution in [0.15, 0.2) is 24.3 Å². The molecule has 1 saturated heterocycles. The molecule has 2 unspecified atom stereocenters. The van der Waals surface area contributed by atoms with Gasteiger partial charge in [-0.05, 0) is 12.1 Å². The first kappa shape index (κ1) is 11.6. The van der Waals surface area contributed by atoms with Gasteiger partial charge in [0.25, 0.3) is 0 Å². The Kier molecular flexibility index (Phi) is 3.91. The summed E-state index contributed by atoms with van der Waals surface area (Å²) in [6.45, 7) is 6.04. The molecule has 0 amide bonds. The van der Waals surface area contributed by atoms with Gasteiger partial charge in [-0.25, -0.2) is 4.39 Å². The van der Waals surface area contributed by atoms with Crippen molar-refractivity contribution in [2.75, 3.05) is 33.2 Å². The van der Waals surface area contributed by atoms with Crippen LogP contribution in [-0.4, -0.2) is 33.2 Å². The van der Waals surface area contributed by atoms with Crippen molar-refractivity contribution in [3.05, 3.63) is 35.6 Å². The molecular weight excluding hydrogens is 203 g/mol. The van der Waals surface area contributed by atoms with Crippen LogP contribution in [0.2, 0.25) is 0 Å². The van der Waals surface area contributed by atoms with Crippen molar-refractivity contribution in [1.82, 2.24) is 0 Å². The van der Waals surface area contributed by atoms with Gasteiger partial charge in [-0.15, -0.1) is 0 Å². The highest BCUT2D eigenvalue weighted by molar-refractivity contribution is 5.14. The van der Waals surface area contributed by atoms with Crippen LogP contribution >= 0.6 is 0 Å². The Morgan fingerprint density at radius 1 is 1.06 bits per heavy atom. The van der Waals surface area contributed by atoms with Gasteiger partial charge in [-0.1, -0.05) is 12.1 Å². The van der Waals surface area contributed by atoms with Crippen molar-refractivity contribution in [2.45, 2.75) is 13.0 Å². The van der Waals surface area contributed by atoms with Crippen molar-refractivity contribution in [3.8, 4) is 0 Å². The van der Waals surface area contributed by atoms with Crippen LogP contribution in [0.4, 0.5) is 4.39 Å². The molecule has 1 aliphatic heterocycles. The highest BCUT2D eigenvalue weighted by Gasteiger charge is 2.17. The number of hydrogen-bond acceptors (Lipinski definition) is 0. The van der Waals surface area contributed by atoms with E-state index in [0.29, 0.717) is 0 Å². The summed E-state index contributed by atoms with van der Waals surface area (Å²) in [5, 5.41) is 0. The molecule has 1 fully saturated rings. The van der Waals surface area contributed by atoms with Crippen LogP contribution in [0, 0.1) is 5.82 Å². The van der Waals surface area contributed by atoms with E-state index >= 15 is 0 Å². The molecule has 0 radical (unpaired) electrons. The first-order valence-electron chi connectivity index (χ1n) is 6.13. The second-order valence-corrected chi connectivity index (χ2v) is 4.86. The number of rotatable bonds is 2.